The summed E-state index contributed by atoms with van der Waals surface area (Å²) in [5.74, 6) is 0. The predicted molar refractivity (Wildman–Crippen MR) is 56.2 cm³/mol. The zero-order valence-electron chi connectivity index (χ0n) is 5.04. The third kappa shape index (κ3) is 4.27. The van der Waals surface area contributed by atoms with Crippen LogP contribution in [0.25, 0.3) is 0 Å². The van der Waals surface area contributed by atoms with Crippen LogP contribution in [0.5, 0.6) is 0 Å². The maximum atomic E-state index is 11.1. The second kappa shape index (κ2) is 5.07. The number of carbonyl (C=O) groups is 1. The van der Waals surface area contributed by atoms with Crippen LogP contribution >= 0.6 is 53.6 Å². The quantitative estimate of drug-likeness (QED) is 0.411. The Balaban J connectivity index is 4.07. The lowest BCUT2D eigenvalue weighted by Gasteiger charge is -2.06. The van der Waals surface area contributed by atoms with Gasteiger partial charge in [-0.1, -0.05) is 0 Å². The first-order valence-corrected chi connectivity index (χ1v) is 5.72. The lowest BCUT2D eigenvalue weighted by Crippen LogP contribution is -2.04. The molecule has 0 aliphatic carbocycles. The molecule has 0 atom stereocenters. The zero-order chi connectivity index (χ0) is 8.20. The molecule has 0 aromatic rings. The van der Waals surface area contributed by atoms with Gasteiger partial charge in [0.05, 0.1) is 11.8 Å². The van der Waals surface area contributed by atoms with Crippen molar-refractivity contribution in [2.24, 2.45) is 0 Å². The van der Waals surface area contributed by atoms with Crippen LogP contribution in [0.3, 0.4) is 0 Å². The van der Waals surface area contributed by atoms with E-state index < -0.39 is 7.60 Å². The van der Waals surface area contributed by atoms with E-state index in [1.807, 2.05) is 0 Å². The highest BCUT2D eigenvalue weighted by atomic mass is 127. The molecule has 0 unspecified atom stereocenters. The van der Waals surface area contributed by atoms with Crippen molar-refractivity contribution >= 4 is 67.1 Å². The first-order valence-electron chi connectivity index (χ1n) is 2.23. The van der Waals surface area contributed by atoms with E-state index >= 15 is 0 Å². The third-order valence-electron chi connectivity index (χ3n) is 0.627. The van der Waals surface area contributed by atoms with Gasteiger partial charge in [-0.2, -0.15) is 0 Å². The van der Waals surface area contributed by atoms with Crippen LogP contribution in [0.4, 0.5) is 0 Å². The summed E-state index contributed by atoms with van der Waals surface area (Å²) in [6.07, 6.45) is -0.168. The van der Waals surface area contributed by atoms with Gasteiger partial charge in [-0.25, -0.2) is 5.71 Å². The number of hydrogen-bond donors (Lipinski definition) is 0. The Labute approximate surface area is 87.7 Å². The second-order valence-corrected chi connectivity index (χ2v) is 5.79. The molecule has 10 heavy (non-hydrogen) atoms. The predicted octanol–water partition coefficient (Wildman–Crippen LogP) is 1.07. The first-order chi connectivity index (χ1) is 4.54. The SMILES string of the molecule is BC(=O)CP(=O)(OI)OI. The normalized spacial score (nSPS) is 11.4. The maximum absolute atomic E-state index is 11.1. The summed E-state index contributed by atoms with van der Waals surface area (Å²) >= 11 is 2.91. The Bertz CT molecular complexity index is 165. The summed E-state index contributed by atoms with van der Waals surface area (Å²) < 4.78 is 20.0. The Kier molecular flexibility index (Phi) is 5.76. The van der Waals surface area contributed by atoms with Gasteiger partial charge in [0.2, 0.25) is 0 Å². The number of carbonyl (C=O) groups excluding carboxylic acids is 1. The minimum atomic E-state index is -3.11. The topological polar surface area (TPSA) is 52.6 Å². The van der Waals surface area contributed by atoms with Gasteiger partial charge < -0.3 is 4.79 Å². The summed E-state index contributed by atoms with van der Waals surface area (Å²) in [5, 5.41) is 0. The molecule has 0 bridgehead atoms. The molecule has 0 radical (unpaired) electrons. The van der Waals surface area contributed by atoms with Gasteiger partial charge in [-0.3, -0.25) is 4.57 Å². The molecule has 0 heterocycles. The molecule has 0 aliphatic rings. The Hall–Kier alpha value is 1.34. The van der Waals surface area contributed by atoms with Gasteiger partial charge in [0.15, 0.2) is 7.85 Å². The van der Waals surface area contributed by atoms with Crippen LogP contribution in [0.15, 0.2) is 0 Å². The fourth-order valence-electron chi connectivity index (χ4n) is 0.332. The smallest absolute Gasteiger partial charge is 0.311 e. The average Bonchev–Trinajstić information content (AvgIpc) is 1.87. The van der Waals surface area contributed by atoms with Crippen LogP contribution in [-0.4, -0.2) is 19.7 Å². The van der Waals surface area contributed by atoms with E-state index in [9.17, 15) is 9.36 Å². The van der Waals surface area contributed by atoms with Crippen molar-refractivity contribution in [3.8, 4) is 0 Å². The molecule has 0 N–H and O–H groups in total. The van der Waals surface area contributed by atoms with Gasteiger partial charge in [0.1, 0.15) is 46.0 Å². The highest BCUT2D eigenvalue weighted by Gasteiger charge is 2.24. The summed E-state index contributed by atoms with van der Waals surface area (Å²) in [4.78, 5) is 10.4. The minimum Gasteiger partial charge on any atom is -0.311 e. The van der Waals surface area contributed by atoms with Gasteiger partial charge in [0.25, 0.3) is 0 Å². The Morgan fingerprint density at radius 3 is 2.00 bits per heavy atom. The standard InChI is InChI=1S/C2H4BI2O4P/c3-2(6)1-10(7,8-4)9-5/h1,3H2. The fraction of sp³-hybridized carbons (Fsp3) is 0.500. The molecule has 4 nitrogen and oxygen atoms in total. The van der Waals surface area contributed by atoms with Crippen molar-refractivity contribution in [2.75, 3.05) is 6.16 Å². The van der Waals surface area contributed by atoms with Crippen molar-refractivity contribution < 1.29 is 15.1 Å². The largest absolute Gasteiger partial charge is 0.355 e. The highest BCUT2D eigenvalue weighted by Crippen LogP contribution is 2.51. The van der Waals surface area contributed by atoms with Crippen LogP contribution in [0, 0.1) is 0 Å². The van der Waals surface area contributed by atoms with Crippen LogP contribution in [0.2, 0.25) is 0 Å². The van der Waals surface area contributed by atoms with Gasteiger partial charge in [0, 0.05) is 0 Å². The number of halogens is 2. The molecule has 0 saturated carbocycles. The molecule has 8 heteroatoms. The number of hydrogen-bond acceptors (Lipinski definition) is 4. The lowest BCUT2D eigenvalue weighted by molar-refractivity contribution is -0.109. The van der Waals surface area contributed by atoms with E-state index in [1.165, 1.54) is 53.9 Å². The van der Waals surface area contributed by atoms with Crippen molar-refractivity contribution in [3.05, 3.63) is 0 Å². The third-order valence-corrected chi connectivity index (χ3v) is 5.48. The van der Waals surface area contributed by atoms with E-state index in [4.69, 9.17) is 0 Å². The fourth-order valence-corrected chi connectivity index (χ4v) is 3.24. The molecule has 0 amide bonds. The molecule has 0 fully saturated rings. The molecular weight excluding hydrogens is 384 g/mol. The van der Waals surface area contributed by atoms with Gasteiger partial charge in [-0.15, -0.1) is 0 Å². The molecule has 0 aromatic heterocycles. The average molecular weight is 388 g/mol. The molecule has 58 valence electrons. The molecule has 0 aliphatic heterocycles. The van der Waals surface area contributed by atoms with E-state index in [1.54, 1.807) is 0 Å². The summed E-state index contributed by atoms with van der Waals surface area (Å²) in [6.45, 7) is 0. The van der Waals surface area contributed by atoms with Crippen molar-refractivity contribution in [2.45, 2.75) is 0 Å². The van der Waals surface area contributed by atoms with E-state index in [2.05, 4.69) is 5.71 Å². The molecule has 0 aromatic carbocycles. The summed E-state index contributed by atoms with van der Waals surface area (Å²) in [6, 6.07) is 0. The van der Waals surface area contributed by atoms with Crippen molar-refractivity contribution in [3.63, 3.8) is 0 Å². The van der Waals surface area contributed by atoms with Crippen LogP contribution in [-0.2, 0) is 15.1 Å². The minimum absolute atomic E-state index is 0.168. The van der Waals surface area contributed by atoms with E-state index in [-0.39, 0.29) is 11.8 Å². The van der Waals surface area contributed by atoms with Gasteiger partial charge >= 0.3 is 7.60 Å². The zero-order valence-corrected chi connectivity index (χ0v) is 10.3. The van der Waals surface area contributed by atoms with E-state index in [0.717, 1.165) is 0 Å². The van der Waals surface area contributed by atoms with Crippen LogP contribution < -0.4 is 0 Å². The summed E-state index contributed by atoms with van der Waals surface area (Å²) in [5.41, 5.74) is -0.211. The maximum Gasteiger partial charge on any atom is 0.355 e. The van der Waals surface area contributed by atoms with E-state index in [0.29, 0.717) is 0 Å². The monoisotopic (exact) mass is 388 g/mol. The second-order valence-electron chi connectivity index (χ2n) is 1.61. The first kappa shape index (κ1) is 11.3. The Morgan fingerprint density at radius 1 is 1.50 bits per heavy atom. The van der Waals surface area contributed by atoms with Crippen LogP contribution in [0.1, 0.15) is 0 Å². The number of rotatable bonds is 4. The molecular formula is C2H4BI2O4P. The molecule has 0 rings (SSSR count). The summed E-state index contributed by atoms with van der Waals surface area (Å²) in [7, 11) is -1.78. The van der Waals surface area contributed by atoms with Crippen molar-refractivity contribution in [1.82, 2.24) is 0 Å². The lowest BCUT2D eigenvalue weighted by atomic mass is 10.1. The molecule has 0 saturated heterocycles. The molecule has 0 spiro atoms. The van der Waals surface area contributed by atoms with Gasteiger partial charge in [-0.05, 0) is 0 Å². The Morgan fingerprint density at radius 2 is 1.90 bits per heavy atom. The van der Waals surface area contributed by atoms with Crippen molar-refractivity contribution in [1.29, 1.82) is 0 Å². The highest BCUT2D eigenvalue weighted by molar-refractivity contribution is 14.1.